The number of nitrogen functional groups attached to an aromatic ring is 1. The minimum absolute atomic E-state index is 0.377. The molecule has 0 amide bonds. The van der Waals surface area contributed by atoms with Crippen LogP contribution in [0.25, 0.3) is 0 Å². The number of ether oxygens (including phenoxy) is 1. The zero-order chi connectivity index (χ0) is 12.5. The smallest absolute Gasteiger partial charge is 0.203 e. The van der Waals surface area contributed by atoms with Crippen molar-refractivity contribution < 1.29 is 4.74 Å². The molecule has 5 heteroatoms. The Morgan fingerprint density at radius 3 is 2.82 bits per heavy atom. The van der Waals surface area contributed by atoms with Crippen molar-refractivity contribution in [2.45, 2.75) is 39.2 Å². The van der Waals surface area contributed by atoms with Crippen molar-refractivity contribution in [2.75, 3.05) is 18.2 Å². The predicted molar refractivity (Wildman–Crippen MR) is 68.0 cm³/mol. The Morgan fingerprint density at radius 2 is 2.24 bits per heavy atom. The first kappa shape index (κ1) is 12.0. The molecule has 1 aliphatic rings. The van der Waals surface area contributed by atoms with Gasteiger partial charge in [0.2, 0.25) is 5.75 Å². The quantitative estimate of drug-likeness (QED) is 0.840. The number of nitrogens with zero attached hydrogens (tertiary/aromatic N) is 2. The number of hydrogen-bond donors (Lipinski definition) is 2. The fraction of sp³-hybridized carbons (Fsp3) is 0.667. The van der Waals surface area contributed by atoms with Crippen molar-refractivity contribution >= 4 is 11.6 Å². The summed E-state index contributed by atoms with van der Waals surface area (Å²) < 4.78 is 5.23. The van der Waals surface area contributed by atoms with Crippen molar-refractivity contribution in [1.82, 2.24) is 9.97 Å². The third-order valence-corrected chi connectivity index (χ3v) is 3.34. The lowest BCUT2D eigenvalue weighted by atomic mass is 9.92. The second-order valence-corrected chi connectivity index (χ2v) is 5.39. The molecule has 1 aromatic rings. The van der Waals surface area contributed by atoms with Crippen LogP contribution < -0.4 is 15.8 Å². The number of nitrogens with two attached hydrogens (primary N) is 1. The van der Waals surface area contributed by atoms with Crippen molar-refractivity contribution in [3.8, 4) is 5.75 Å². The van der Waals surface area contributed by atoms with Gasteiger partial charge in [0.1, 0.15) is 6.33 Å². The normalized spacial score (nSPS) is 22.4. The Labute approximate surface area is 102 Å². The van der Waals surface area contributed by atoms with Crippen LogP contribution >= 0.6 is 0 Å². The van der Waals surface area contributed by atoms with E-state index in [0.29, 0.717) is 28.8 Å². The topological polar surface area (TPSA) is 73.1 Å². The summed E-state index contributed by atoms with van der Waals surface area (Å²) in [5, 5.41) is 3.40. The van der Waals surface area contributed by atoms with Gasteiger partial charge in [-0.1, -0.05) is 13.8 Å². The van der Waals surface area contributed by atoms with Gasteiger partial charge in [0.15, 0.2) is 11.6 Å². The second-order valence-electron chi connectivity index (χ2n) is 5.39. The molecule has 0 aromatic carbocycles. The summed E-state index contributed by atoms with van der Waals surface area (Å²) >= 11 is 0. The van der Waals surface area contributed by atoms with Gasteiger partial charge in [-0.3, -0.25) is 0 Å². The van der Waals surface area contributed by atoms with Crippen LogP contribution in [0, 0.1) is 5.41 Å². The fourth-order valence-electron chi connectivity index (χ4n) is 2.44. The van der Waals surface area contributed by atoms with Gasteiger partial charge in [-0.2, -0.15) is 0 Å². The number of aromatic nitrogens is 2. The molecule has 1 fully saturated rings. The number of rotatable bonds is 3. The van der Waals surface area contributed by atoms with E-state index >= 15 is 0 Å². The Kier molecular flexibility index (Phi) is 3.09. The van der Waals surface area contributed by atoms with Crippen molar-refractivity contribution in [2.24, 2.45) is 5.41 Å². The predicted octanol–water partition coefficient (Wildman–Crippen LogP) is 2.06. The van der Waals surface area contributed by atoms with E-state index in [0.717, 1.165) is 12.8 Å². The van der Waals surface area contributed by atoms with Gasteiger partial charge in [-0.15, -0.1) is 0 Å². The average Bonchev–Trinajstić information content (AvgIpc) is 2.58. The highest BCUT2D eigenvalue weighted by atomic mass is 16.5. The lowest BCUT2D eigenvalue weighted by Gasteiger charge is -2.19. The third-order valence-electron chi connectivity index (χ3n) is 3.34. The van der Waals surface area contributed by atoms with Gasteiger partial charge in [0.25, 0.3) is 0 Å². The number of anilines is 2. The Morgan fingerprint density at radius 1 is 1.47 bits per heavy atom. The maximum Gasteiger partial charge on any atom is 0.203 e. The minimum Gasteiger partial charge on any atom is -0.490 e. The Bertz CT molecular complexity index is 405. The molecule has 17 heavy (non-hydrogen) atoms. The number of nitrogens with one attached hydrogen (secondary N) is 1. The van der Waals surface area contributed by atoms with Gasteiger partial charge < -0.3 is 15.8 Å². The molecule has 0 saturated heterocycles. The lowest BCUT2D eigenvalue weighted by Crippen LogP contribution is -2.19. The maximum absolute atomic E-state index is 5.74. The van der Waals surface area contributed by atoms with Crippen LogP contribution in [0.2, 0.25) is 0 Å². The van der Waals surface area contributed by atoms with Crippen LogP contribution in [0.1, 0.15) is 33.1 Å². The highest BCUT2D eigenvalue weighted by molar-refractivity contribution is 5.61. The van der Waals surface area contributed by atoms with Gasteiger partial charge in [0, 0.05) is 6.04 Å². The molecule has 0 radical (unpaired) electrons. The van der Waals surface area contributed by atoms with E-state index in [1.165, 1.54) is 12.7 Å². The van der Waals surface area contributed by atoms with Crippen molar-refractivity contribution in [3.05, 3.63) is 6.33 Å². The largest absolute Gasteiger partial charge is 0.490 e. The first-order valence-electron chi connectivity index (χ1n) is 5.93. The average molecular weight is 236 g/mol. The molecule has 0 bridgehead atoms. The van der Waals surface area contributed by atoms with E-state index in [2.05, 4.69) is 29.1 Å². The standard InChI is InChI=1S/C12H20N4O/c1-12(2)5-4-8(6-12)16-11-9(17-3)10(13)14-7-15-11/h7-8H,4-6H2,1-3H3,(H3,13,14,15,16). The summed E-state index contributed by atoms with van der Waals surface area (Å²) in [6, 6.07) is 0.438. The van der Waals surface area contributed by atoms with E-state index < -0.39 is 0 Å². The van der Waals surface area contributed by atoms with Crippen LogP contribution in [0.4, 0.5) is 11.6 Å². The van der Waals surface area contributed by atoms with Crippen LogP contribution in [0.3, 0.4) is 0 Å². The molecule has 1 saturated carbocycles. The van der Waals surface area contributed by atoms with Gasteiger partial charge in [0.05, 0.1) is 7.11 Å². The first-order chi connectivity index (χ1) is 8.02. The van der Waals surface area contributed by atoms with Gasteiger partial charge in [-0.05, 0) is 24.7 Å². The van der Waals surface area contributed by atoms with Crippen molar-refractivity contribution in [3.63, 3.8) is 0 Å². The summed E-state index contributed by atoms with van der Waals surface area (Å²) in [6.07, 6.45) is 4.98. The highest BCUT2D eigenvalue weighted by Gasteiger charge is 2.31. The molecule has 1 aromatic heterocycles. The molecule has 94 valence electrons. The molecule has 0 aliphatic heterocycles. The highest BCUT2D eigenvalue weighted by Crippen LogP contribution is 2.39. The molecule has 1 aliphatic carbocycles. The summed E-state index contributed by atoms with van der Waals surface area (Å²) in [6.45, 7) is 4.58. The molecule has 2 rings (SSSR count). The fourth-order valence-corrected chi connectivity index (χ4v) is 2.44. The molecule has 0 spiro atoms. The zero-order valence-electron chi connectivity index (χ0n) is 10.7. The monoisotopic (exact) mass is 236 g/mol. The van der Waals surface area contributed by atoms with Crippen LogP contribution in [0.15, 0.2) is 6.33 Å². The third kappa shape index (κ3) is 2.60. The van der Waals surface area contributed by atoms with E-state index in [-0.39, 0.29) is 0 Å². The summed E-state index contributed by atoms with van der Waals surface area (Å²) in [4.78, 5) is 8.11. The molecule has 3 N–H and O–H groups in total. The summed E-state index contributed by atoms with van der Waals surface area (Å²) in [5.41, 5.74) is 6.15. The molecule has 1 atom stereocenters. The van der Waals surface area contributed by atoms with Crippen LogP contribution in [0.5, 0.6) is 5.75 Å². The van der Waals surface area contributed by atoms with E-state index in [1.54, 1.807) is 7.11 Å². The van der Waals surface area contributed by atoms with Crippen LogP contribution in [-0.4, -0.2) is 23.1 Å². The molecule has 1 heterocycles. The zero-order valence-corrected chi connectivity index (χ0v) is 10.7. The SMILES string of the molecule is COc1c(N)ncnc1NC1CCC(C)(C)C1. The summed E-state index contributed by atoms with van der Waals surface area (Å²) in [5.74, 6) is 1.61. The Balaban J connectivity index is 2.12. The van der Waals surface area contributed by atoms with Gasteiger partial charge >= 0.3 is 0 Å². The molecular formula is C12H20N4O. The maximum atomic E-state index is 5.74. The van der Waals surface area contributed by atoms with Crippen molar-refractivity contribution in [1.29, 1.82) is 0 Å². The van der Waals surface area contributed by atoms with Gasteiger partial charge in [-0.25, -0.2) is 9.97 Å². The van der Waals surface area contributed by atoms with E-state index in [9.17, 15) is 0 Å². The minimum atomic E-state index is 0.377. The second kappa shape index (κ2) is 4.39. The van der Waals surface area contributed by atoms with E-state index in [1.807, 2.05) is 0 Å². The summed E-state index contributed by atoms with van der Waals surface area (Å²) in [7, 11) is 1.58. The van der Waals surface area contributed by atoms with E-state index in [4.69, 9.17) is 10.5 Å². The lowest BCUT2D eigenvalue weighted by molar-refractivity contribution is 0.378. The molecule has 5 nitrogen and oxygen atoms in total. The number of methoxy groups -OCH3 is 1. The Hall–Kier alpha value is -1.52. The number of hydrogen-bond acceptors (Lipinski definition) is 5. The molecular weight excluding hydrogens is 216 g/mol. The first-order valence-corrected chi connectivity index (χ1v) is 5.93. The van der Waals surface area contributed by atoms with Crippen LogP contribution in [-0.2, 0) is 0 Å². The molecule has 1 unspecified atom stereocenters.